The number of quaternary nitrogens is 1. The molecule has 3 rings (SSSR count). The number of carbonyl (C=O) groups excluding carboxylic acids is 2. The fourth-order valence-electron chi connectivity index (χ4n) is 3.81. The van der Waals surface area contributed by atoms with Crippen molar-refractivity contribution in [3.8, 4) is 11.5 Å². The number of nitrogens with zero attached hydrogens (tertiary/aromatic N) is 2. The zero-order valence-electron chi connectivity index (χ0n) is 18.2. The molecule has 2 heterocycles. The standard InChI is InChI=1S/C23H27N3O5/c1-25(2)13-6-14-26-19(16-7-5-8-17(30-3)22(16)31-4)18(21(28)23(26)29)20(27)15-9-11-24-12-10-15/h5,7-12,19,27H,6,13-14H2,1-4H3/b20-18+. The van der Waals surface area contributed by atoms with Gasteiger partial charge in [0.2, 0.25) is 5.78 Å². The van der Waals surface area contributed by atoms with Crippen LogP contribution in [0.1, 0.15) is 23.6 Å². The Balaban J connectivity index is 2.18. The predicted molar refractivity (Wildman–Crippen MR) is 112 cm³/mol. The average Bonchev–Trinajstić information content (AvgIpc) is 3.03. The quantitative estimate of drug-likeness (QED) is 0.359. The molecule has 31 heavy (non-hydrogen) atoms. The largest absolute Gasteiger partial charge is 0.872 e. The van der Waals surface area contributed by atoms with Gasteiger partial charge in [-0.2, -0.15) is 0 Å². The van der Waals surface area contributed by atoms with E-state index >= 15 is 0 Å². The first-order valence-corrected chi connectivity index (χ1v) is 10.1. The van der Waals surface area contributed by atoms with Crippen molar-refractivity contribution >= 4 is 17.4 Å². The number of methoxy groups -OCH3 is 2. The molecule has 1 aliphatic heterocycles. The third-order valence-electron chi connectivity index (χ3n) is 5.28. The highest BCUT2D eigenvalue weighted by Gasteiger charge is 2.45. The van der Waals surface area contributed by atoms with Crippen LogP contribution in [0.25, 0.3) is 5.76 Å². The second-order valence-electron chi connectivity index (χ2n) is 7.60. The fourth-order valence-corrected chi connectivity index (χ4v) is 3.81. The van der Waals surface area contributed by atoms with E-state index in [4.69, 9.17) is 9.47 Å². The number of Topliss-reactive ketones (excluding diaryl/α,β-unsaturated/α-hetero) is 1. The molecule has 0 radical (unpaired) electrons. The highest BCUT2D eigenvalue weighted by Crippen LogP contribution is 2.45. The molecule has 1 aromatic heterocycles. The van der Waals surface area contributed by atoms with Crippen LogP contribution < -0.4 is 19.5 Å². The summed E-state index contributed by atoms with van der Waals surface area (Å²) in [5.41, 5.74) is 0.758. The molecular weight excluding hydrogens is 398 g/mol. The Labute approximate surface area is 181 Å². The molecule has 1 aliphatic rings. The van der Waals surface area contributed by atoms with Crippen molar-refractivity contribution in [1.82, 2.24) is 9.88 Å². The normalized spacial score (nSPS) is 18.0. The number of ether oxygens (including phenoxy) is 2. The van der Waals surface area contributed by atoms with Crippen molar-refractivity contribution in [2.45, 2.75) is 12.5 Å². The number of pyridine rings is 1. The second-order valence-corrected chi connectivity index (χ2v) is 7.60. The molecule has 1 aromatic carbocycles. The zero-order valence-corrected chi connectivity index (χ0v) is 18.2. The lowest BCUT2D eigenvalue weighted by molar-refractivity contribution is -0.858. The van der Waals surface area contributed by atoms with Gasteiger partial charge in [0.25, 0.3) is 5.91 Å². The summed E-state index contributed by atoms with van der Waals surface area (Å²) >= 11 is 0. The second kappa shape index (κ2) is 9.61. The number of aromatic nitrogens is 1. The highest BCUT2D eigenvalue weighted by atomic mass is 16.5. The van der Waals surface area contributed by atoms with Crippen LogP contribution in [0.15, 0.2) is 48.3 Å². The molecule has 0 bridgehead atoms. The summed E-state index contributed by atoms with van der Waals surface area (Å²) in [6, 6.07) is 7.44. The summed E-state index contributed by atoms with van der Waals surface area (Å²) in [7, 11) is 7.04. The van der Waals surface area contributed by atoms with E-state index in [-0.39, 0.29) is 5.57 Å². The first kappa shape index (κ1) is 22.3. The summed E-state index contributed by atoms with van der Waals surface area (Å²) < 4.78 is 11.0. The Hall–Kier alpha value is -3.39. The van der Waals surface area contributed by atoms with Crippen LogP contribution >= 0.6 is 0 Å². The summed E-state index contributed by atoms with van der Waals surface area (Å²) in [4.78, 5) is 32.6. The Morgan fingerprint density at radius 1 is 1.13 bits per heavy atom. The smallest absolute Gasteiger partial charge is 0.295 e. The molecule has 8 heteroatoms. The van der Waals surface area contributed by atoms with Crippen molar-refractivity contribution < 1.29 is 29.1 Å². The lowest BCUT2D eigenvalue weighted by Gasteiger charge is -2.29. The van der Waals surface area contributed by atoms with Gasteiger partial charge in [-0.3, -0.25) is 14.6 Å². The van der Waals surface area contributed by atoms with Crippen LogP contribution in [0.2, 0.25) is 0 Å². The Morgan fingerprint density at radius 3 is 2.45 bits per heavy atom. The number of rotatable bonds is 8. The van der Waals surface area contributed by atoms with E-state index in [1.807, 2.05) is 14.1 Å². The first-order chi connectivity index (χ1) is 14.9. The molecule has 0 saturated carbocycles. The number of likely N-dealkylation sites (tertiary alicyclic amines) is 1. The molecule has 8 nitrogen and oxygen atoms in total. The van der Waals surface area contributed by atoms with E-state index < -0.39 is 23.5 Å². The van der Waals surface area contributed by atoms with Gasteiger partial charge in [-0.25, -0.2) is 0 Å². The van der Waals surface area contributed by atoms with Gasteiger partial charge in [-0.1, -0.05) is 17.9 Å². The zero-order chi connectivity index (χ0) is 22.5. The topological polar surface area (TPSA) is 96.2 Å². The molecule has 2 aromatic rings. The third kappa shape index (κ3) is 4.39. The van der Waals surface area contributed by atoms with Crippen LogP contribution in [0.5, 0.6) is 11.5 Å². The molecule has 1 atom stereocenters. The van der Waals surface area contributed by atoms with E-state index in [0.29, 0.717) is 35.6 Å². The third-order valence-corrected chi connectivity index (χ3v) is 5.28. The lowest BCUT2D eigenvalue weighted by Crippen LogP contribution is -3.05. The number of hydrogen-bond acceptors (Lipinski definition) is 6. The molecule has 0 spiro atoms. The monoisotopic (exact) mass is 425 g/mol. The summed E-state index contributed by atoms with van der Waals surface area (Å²) in [5, 5.41) is 13.3. The fraction of sp³-hybridized carbons (Fsp3) is 0.348. The van der Waals surface area contributed by atoms with Gasteiger partial charge in [-0.05, 0) is 23.8 Å². The molecule has 1 N–H and O–H groups in total. The molecule has 1 fully saturated rings. The summed E-state index contributed by atoms with van der Waals surface area (Å²) in [6.07, 6.45) is 3.64. The van der Waals surface area contributed by atoms with Crippen LogP contribution in [0.3, 0.4) is 0 Å². The molecule has 1 amide bonds. The van der Waals surface area contributed by atoms with E-state index in [2.05, 4.69) is 4.98 Å². The van der Waals surface area contributed by atoms with Gasteiger partial charge in [0.1, 0.15) is 0 Å². The van der Waals surface area contributed by atoms with Crippen molar-refractivity contribution in [3.05, 3.63) is 59.4 Å². The predicted octanol–water partition coefficient (Wildman–Crippen LogP) is -0.143. The van der Waals surface area contributed by atoms with Crippen molar-refractivity contribution in [2.75, 3.05) is 41.4 Å². The summed E-state index contributed by atoms with van der Waals surface area (Å²) in [5.74, 6) is -1.10. The van der Waals surface area contributed by atoms with Gasteiger partial charge in [-0.15, -0.1) is 0 Å². The minimum atomic E-state index is -0.858. The number of para-hydroxylation sites is 1. The van der Waals surface area contributed by atoms with Gasteiger partial charge in [0.05, 0.1) is 40.9 Å². The van der Waals surface area contributed by atoms with Crippen LogP contribution in [0.4, 0.5) is 0 Å². The number of carbonyl (C=O) groups is 2. The van der Waals surface area contributed by atoms with Crippen molar-refractivity contribution in [1.29, 1.82) is 0 Å². The average molecular weight is 425 g/mol. The van der Waals surface area contributed by atoms with Gasteiger partial charge in [0, 0.05) is 36.5 Å². The van der Waals surface area contributed by atoms with Crippen LogP contribution in [0, 0.1) is 0 Å². The lowest BCUT2D eigenvalue weighted by atomic mass is 9.94. The van der Waals surface area contributed by atoms with E-state index in [0.717, 1.165) is 6.54 Å². The Morgan fingerprint density at radius 2 is 1.84 bits per heavy atom. The van der Waals surface area contributed by atoms with Gasteiger partial charge in [0.15, 0.2) is 11.5 Å². The van der Waals surface area contributed by atoms with Crippen molar-refractivity contribution in [3.63, 3.8) is 0 Å². The maximum atomic E-state index is 13.3. The van der Waals surface area contributed by atoms with Crippen LogP contribution in [-0.4, -0.2) is 63.0 Å². The Bertz CT molecular complexity index is 988. The number of nitrogens with one attached hydrogen (secondary N) is 1. The number of ketones is 1. The highest BCUT2D eigenvalue weighted by molar-refractivity contribution is 6.46. The minimum Gasteiger partial charge on any atom is -0.872 e. The maximum Gasteiger partial charge on any atom is 0.295 e. The number of amides is 1. The van der Waals surface area contributed by atoms with Gasteiger partial charge >= 0.3 is 0 Å². The molecule has 0 aliphatic carbocycles. The molecule has 1 unspecified atom stereocenters. The summed E-state index contributed by atoms with van der Waals surface area (Å²) in [6.45, 7) is 1.15. The number of benzene rings is 1. The van der Waals surface area contributed by atoms with Crippen LogP contribution in [-0.2, 0) is 9.59 Å². The Kier molecular flexibility index (Phi) is 6.91. The van der Waals surface area contributed by atoms with Gasteiger partial charge < -0.3 is 24.4 Å². The molecule has 1 saturated heterocycles. The van der Waals surface area contributed by atoms with E-state index in [1.165, 1.54) is 48.5 Å². The number of hydrogen-bond donors (Lipinski definition) is 1. The first-order valence-electron chi connectivity index (χ1n) is 10.1. The maximum absolute atomic E-state index is 13.3. The van der Waals surface area contributed by atoms with Crippen molar-refractivity contribution in [2.24, 2.45) is 0 Å². The SMILES string of the molecule is COc1cccc(C2/C(=C(\[O-])c3ccncc3)C(=O)C(=O)N2CCC[NH+](C)C)c1OC. The molecular formula is C23H27N3O5. The minimum absolute atomic E-state index is 0.0834. The van der Waals surface area contributed by atoms with E-state index in [1.54, 1.807) is 18.2 Å². The van der Waals surface area contributed by atoms with E-state index in [9.17, 15) is 14.7 Å². The molecule has 164 valence electrons.